The Bertz CT molecular complexity index is 724. The summed E-state index contributed by atoms with van der Waals surface area (Å²) in [5, 5.41) is 1.73. The van der Waals surface area contributed by atoms with E-state index in [0.717, 1.165) is 11.3 Å². The Labute approximate surface area is 172 Å². The van der Waals surface area contributed by atoms with Crippen LogP contribution in [0, 0.1) is 0 Å². The van der Waals surface area contributed by atoms with E-state index in [4.69, 9.17) is 0 Å². The molecule has 28 heavy (non-hydrogen) atoms. The second-order valence-electron chi connectivity index (χ2n) is 9.30. The van der Waals surface area contributed by atoms with Crippen molar-refractivity contribution < 1.29 is 0 Å². The van der Waals surface area contributed by atoms with E-state index in [0.29, 0.717) is 0 Å². The van der Waals surface area contributed by atoms with Gasteiger partial charge in [-0.3, -0.25) is 0 Å². The van der Waals surface area contributed by atoms with E-state index in [9.17, 15) is 0 Å². The predicted octanol–water partition coefficient (Wildman–Crippen LogP) is 6.87. The molecule has 0 aromatic heterocycles. The van der Waals surface area contributed by atoms with Gasteiger partial charge in [0.2, 0.25) is 0 Å². The fraction of sp³-hybridized carbons (Fsp3) is 0.538. The summed E-state index contributed by atoms with van der Waals surface area (Å²) < 4.78 is 2.78. The molecule has 0 heterocycles. The van der Waals surface area contributed by atoms with E-state index in [-0.39, 0.29) is 0 Å². The number of nitrogens with zero attached hydrogens (tertiary/aromatic N) is 1. The van der Waals surface area contributed by atoms with Crippen molar-refractivity contribution in [3.05, 3.63) is 54.6 Å². The molecule has 4 rings (SSSR count). The Morgan fingerprint density at radius 1 is 0.643 bits per heavy atom. The zero-order valence-electron chi connectivity index (χ0n) is 17.9. The molecule has 152 valence electrons. The van der Waals surface area contributed by atoms with E-state index in [1.807, 2.05) is 0 Å². The fourth-order valence-electron chi connectivity index (χ4n) is 6.53. The molecule has 0 aliphatic heterocycles. The molecule has 0 radical (unpaired) electrons. The van der Waals surface area contributed by atoms with Crippen LogP contribution in [0.2, 0.25) is 0 Å². The Hall–Kier alpha value is -1.17. The van der Waals surface area contributed by atoms with Crippen molar-refractivity contribution in [1.82, 2.24) is 4.67 Å². The fourth-order valence-corrected chi connectivity index (χ4v) is 13.6. The van der Waals surface area contributed by atoms with Gasteiger partial charge >= 0.3 is 173 Å². The molecule has 2 aromatic rings. The van der Waals surface area contributed by atoms with Crippen LogP contribution in [0.5, 0.6) is 0 Å². The van der Waals surface area contributed by atoms with Crippen molar-refractivity contribution in [2.75, 3.05) is 14.1 Å². The zero-order valence-corrected chi connectivity index (χ0v) is 18.9. The third-order valence-electron chi connectivity index (χ3n) is 7.64. The van der Waals surface area contributed by atoms with Gasteiger partial charge in [-0.2, -0.15) is 0 Å². The van der Waals surface area contributed by atoms with Crippen molar-refractivity contribution in [1.29, 1.82) is 0 Å². The molecule has 0 amide bonds. The summed E-state index contributed by atoms with van der Waals surface area (Å²) in [5.41, 5.74) is 4.73. The first kappa shape index (κ1) is 20.1. The van der Waals surface area contributed by atoms with Crippen LogP contribution < -0.4 is 5.30 Å². The molecule has 2 fully saturated rings. The second-order valence-corrected chi connectivity index (χ2v) is 14.0. The predicted molar refractivity (Wildman–Crippen MR) is 127 cm³/mol. The zero-order chi connectivity index (χ0) is 19.4. The van der Waals surface area contributed by atoms with Gasteiger partial charge in [0.05, 0.1) is 0 Å². The molecule has 0 saturated heterocycles. The summed E-state index contributed by atoms with van der Waals surface area (Å²) in [4.78, 5) is 0. The summed E-state index contributed by atoms with van der Waals surface area (Å²) in [6.45, 7) is 0. The molecular formula is C26H38NP. The van der Waals surface area contributed by atoms with E-state index in [2.05, 4.69) is 73.4 Å². The van der Waals surface area contributed by atoms with Crippen LogP contribution >= 0.6 is 7.41 Å². The molecule has 0 spiro atoms. The number of rotatable bonds is 5. The Morgan fingerprint density at radius 3 is 1.68 bits per heavy atom. The molecular weight excluding hydrogens is 357 g/mol. The monoisotopic (exact) mass is 395 g/mol. The molecule has 2 aliphatic rings. The minimum absolute atomic E-state index is 0.907. The molecule has 0 N–H and O–H groups in total. The summed E-state index contributed by atoms with van der Waals surface area (Å²) in [6.07, 6.45) is 14.4. The Morgan fingerprint density at radius 2 is 1.14 bits per heavy atom. The van der Waals surface area contributed by atoms with Crippen molar-refractivity contribution in [2.45, 2.75) is 75.5 Å². The molecule has 2 aromatic carbocycles. The van der Waals surface area contributed by atoms with Crippen LogP contribution in [0.3, 0.4) is 0 Å². The Balaban J connectivity index is 1.90. The first-order valence-corrected chi connectivity index (χ1v) is 13.7. The summed E-state index contributed by atoms with van der Waals surface area (Å²) in [6, 6.07) is 20.7. The number of benzene rings is 2. The van der Waals surface area contributed by atoms with E-state index in [1.54, 1.807) is 5.30 Å². The maximum atomic E-state index is 2.78. The van der Waals surface area contributed by atoms with Gasteiger partial charge in [-0.05, 0) is 0 Å². The quantitative estimate of drug-likeness (QED) is 0.499. The number of hydrogen-bond acceptors (Lipinski definition) is 1. The van der Waals surface area contributed by atoms with Gasteiger partial charge in [0, 0.05) is 0 Å². The molecule has 0 atom stereocenters. The third-order valence-corrected chi connectivity index (χ3v) is 14.1. The molecule has 2 saturated carbocycles. The Kier molecular flexibility index (Phi) is 6.54. The average molecular weight is 396 g/mol. The molecule has 1 nitrogen and oxygen atoms in total. The van der Waals surface area contributed by atoms with Gasteiger partial charge in [0.1, 0.15) is 0 Å². The second kappa shape index (κ2) is 9.10. The van der Waals surface area contributed by atoms with Crippen LogP contribution in [0.4, 0.5) is 0 Å². The van der Waals surface area contributed by atoms with E-state index in [1.165, 1.54) is 75.3 Å². The van der Waals surface area contributed by atoms with E-state index >= 15 is 0 Å². The van der Waals surface area contributed by atoms with Gasteiger partial charge in [-0.25, -0.2) is 0 Å². The van der Waals surface area contributed by atoms with Crippen molar-refractivity contribution >= 4 is 12.7 Å². The molecule has 0 unspecified atom stereocenters. The SMILES string of the molecule is CN(C)[PH](c1ccccc1-c1ccccc1)(C1CCCCC1)C1CCCCC1. The minimum atomic E-state index is -1.84. The van der Waals surface area contributed by atoms with Gasteiger partial charge in [0.15, 0.2) is 0 Å². The molecule has 0 bridgehead atoms. The van der Waals surface area contributed by atoms with Gasteiger partial charge in [-0.1, -0.05) is 0 Å². The van der Waals surface area contributed by atoms with Crippen molar-refractivity contribution in [2.24, 2.45) is 0 Å². The van der Waals surface area contributed by atoms with Crippen LogP contribution in [-0.2, 0) is 0 Å². The first-order valence-electron chi connectivity index (χ1n) is 11.6. The number of hydrogen-bond donors (Lipinski definition) is 0. The summed E-state index contributed by atoms with van der Waals surface area (Å²) in [5.74, 6) is 0. The van der Waals surface area contributed by atoms with Gasteiger partial charge in [0.25, 0.3) is 0 Å². The normalized spacial score (nSPS) is 20.4. The van der Waals surface area contributed by atoms with Gasteiger partial charge in [-0.15, -0.1) is 0 Å². The average Bonchev–Trinajstić information content (AvgIpc) is 2.77. The maximum absolute atomic E-state index is 2.78. The first-order chi connectivity index (χ1) is 13.7. The van der Waals surface area contributed by atoms with Crippen molar-refractivity contribution in [3.63, 3.8) is 0 Å². The standard InChI is InChI=1S/C26H38NP/c1-27(2)28(23-16-8-4-9-17-23,24-18-10-5-11-19-24)26-21-13-12-20-25(26)22-14-6-3-7-15-22/h3,6-7,12-15,20-21,23-24,28H,4-5,8-11,16-19H2,1-2H3. The molecule has 2 heteroatoms. The third kappa shape index (κ3) is 3.69. The topological polar surface area (TPSA) is 3.24 Å². The van der Waals surface area contributed by atoms with Gasteiger partial charge < -0.3 is 0 Å². The van der Waals surface area contributed by atoms with E-state index < -0.39 is 7.41 Å². The van der Waals surface area contributed by atoms with Crippen LogP contribution in [0.15, 0.2) is 54.6 Å². The van der Waals surface area contributed by atoms with Crippen LogP contribution in [0.1, 0.15) is 64.2 Å². The van der Waals surface area contributed by atoms with Crippen LogP contribution in [-0.4, -0.2) is 30.1 Å². The summed E-state index contributed by atoms with van der Waals surface area (Å²) >= 11 is 0. The summed E-state index contributed by atoms with van der Waals surface area (Å²) in [7, 11) is 3.01. The van der Waals surface area contributed by atoms with Crippen molar-refractivity contribution in [3.8, 4) is 11.1 Å². The molecule has 2 aliphatic carbocycles. The van der Waals surface area contributed by atoms with Crippen LogP contribution in [0.25, 0.3) is 11.1 Å².